The number of pyridine rings is 1. The minimum absolute atomic E-state index is 0.449. The van der Waals surface area contributed by atoms with E-state index < -0.39 is 0 Å². The fourth-order valence-corrected chi connectivity index (χ4v) is 1.68. The highest BCUT2D eigenvalue weighted by Crippen LogP contribution is 2.25. The number of aromatic nitrogens is 1. The molecule has 0 unspecified atom stereocenters. The van der Waals surface area contributed by atoms with Crippen molar-refractivity contribution in [2.75, 3.05) is 19.5 Å². The van der Waals surface area contributed by atoms with Gasteiger partial charge in [0.1, 0.15) is 5.75 Å². The summed E-state index contributed by atoms with van der Waals surface area (Å²) >= 11 is 0. The normalized spacial score (nSPS) is 10.4. The SMILES string of the molecule is COCCc1ccc(Oc2nc(C)ccc2N)cc1. The van der Waals surface area contributed by atoms with Gasteiger partial charge in [0.15, 0.2) is 0 Å². The lowest BCUT2D eigenvalue weighted by Crippen LogP contribution is -1.97. The van der Waals surface area contributed by atoms with Crippen LogP contribution in [-0.2, 0) is 11.2 Å². The lowest BCUT2D eigenvalue weighted by atomic mass is 10.1. The minimum Gasteiger partial charge on any atom is -0.437 e. The fourth-order valence-electron chi connectivity index (χ4n) is 1.68. The van der Waals surface area contributed by atoms with Crippen molar-refractivity contribution in [2.24, 2.45) is 0 Å². The summed E-state index contributed by atoms with van der Waals surface area (Å²) in [5.74, 6) is 1.18. The maximum Gasteiger partial charge on any atom is 0.242 e. The fraction of sp³-hybridized carbons (Fsp3) is 0.267. The first-order valence-corrected chi connectivity index (χ1v) is 6.18. The highest BCUT2D eigenvalue weighted by atomic mass is 16.5. The second-order valence-electron chi connectivity index (χ2n) is 4.34. The molecule has 2 aromatic rings. The number of nitrogens with two attached hydrogens (primary N) is 1. The Hall–Kier alpha value is -2.07. The molecule has 4 nitrogen and oxygen atoms in total. The zero-order valence-corrected chi connectivity index (χ0v) is 11.2. The van der Waals surface area contributed by atoms with Crippen LogP contribution in [-0.4, -0.2) is 18.7 Å². The van der Waals surface area contributed by atoms with Gasteiger partial charge >= 0.3 is 0 Å². The van der Waals surface area contributed by atoms with E-state index >= 15 is 0 Å². The van der Waals surface area contributed by atoms with Crippen LogP contribution in [0.5, 0.6) is 11.6 Å². The number of ether oxygens (including phenoxy) is 2. The summed E-state index contributed by atoms with van der Waals surface area (Å²) in [6.07, 6.45) is 0.890. The molecular weight excluding hydrogens is 240 g/mol. The Kier molecular flexibility index (Phi) is 4.36. The molecule has 1 heterocycles. The molecule has 0 saturated heterocycles. The van der Waals surface area contributed by atoms with Crippen LogP contribution in [0, 0.1) is 6.92 Å². The van der Waals surface area contributed by atoms with Crippen LogP contribution in [0.2, 0.25) is 0 Å². The first-order valence-electron chi connectivity index (χ1n) is 6.18. The lowest BCUT2D eigenvalue weighted by molar-refractivity contribution is 0.202. The predicted octanol–water partition coefficient (Wildman–Crippen LogP) is 2.95. The first-order chi connectivity index (χ1) is 9.19. The van der Waals surface area contributed by atoms with Gasteiger partial charge in [-0.25, -0.2) is 4.98 Å². The number of methoxy groups -OCH3 is 1. The van der Waals surface area contributed by atoms with Crippen LogP contribution < -0.4 is 10.5 Å². The summed E-state index contributed by atoms with van der Waals surface area (Å²) < 4.78 is 10.7. The van der Waals surface area contributed by atoms with Crippen molar-refractivity contribution in [2.45, 2.75) is 13.3 Å². The molecular formula is C15H18N2O2. The van der Waals surface area contributed by atoms with Crippen LogP contribution in [0.25, 0.3) is 0 Å². The zero-order chi connectivity index (χ0) is 13.7. The Labute approximate surface area is 113 Å². The average Bonchev–Trinajstić information content (AvgIpc) is 2.42. The van der Waals surface area contributed by atoms with E-state index in [0.29, 0.717) is 18.2 Å². The summed E-state index contributed by atoms with van der Waals surface area (Å²) in [6.45, 7) is 2.62. The Morgan fingerprint density at radius 1 is 1.11 bits per heavy atom. The molecule has 2 N–H and O–H groups in total. The number of hydrogen-bond donors (Lipinski definition) is 1. The quantitative estimate of drug-likeness (QED) is 0.895. The summed E-state index contributed by atoms with van der Waals surface area (Å²) in [7, 11) is 1.70. The predicted molar refractivity (Wildman–Crippen MR) is 75.5 cm³/mol. The zero-order valence-electron chi connectivity index (χ0n) is 11.2. The first kappa shape index (κ1) is 13.4. The molecule has 0 aliphatic heterocycles. The van der Waals surface area contributed by atoms with Crippen molar-refractivity contribution < 1.29 is 9.47 Å². The molecule has 0 radical (unpaired) electrons. The largest absolute Gasteiger partial charge is 0.437 e. The van der Waals surface area contributed by atoms with E-state index in [1.54, 1.807) is 13.2 Å². The maximum absolute atomic E-state index is 5.83. The van der Waals surface area contributed by atoms with Crippen molar-refractivity contribution in [1.82, 2.24) is 4.98 Å². The Bertz CT molecular complexity index is 538. The maximum atomic E-state index is 5.83. The van der Waals surface area contributed by atoms with Crippen LogP contribution >= 0.6 is 0 Å². The Balaban J connectivity index is 2.08. The molecule has 0 bridgehead atoms. The van der Waals surface area contributed by atoms with Crippen molar-refractivity contribution in [1.29, 1.82) is 0 Å². The van der Waals surface area contributed by atoms with E-state index in [2.05, 4.69) is 4.98 Å². The molecule has 4 heteroatoms. The van der Waals surface area contributed by atoms with Crippen LogP contribution in [0.1, 0.15) is 11.3 Å². The number of anilines is 1. The van der Waals surface area contributed by atoms with Crippen molar-refractivity contribution in [3.63, 3.8) is 0 Å². The molecule has 0 spiro atoms. The van der Waals surface area contributed by atoms with Gasteiger partial charge < -0.3 is 15.2 Å². The third-order valence-electron chi connectivity index (χ3n) is 2.76. The number of rotatable bonds is 5. The standard InChI is InChI=1S/C15H18N2O2/c1-11-3-8-14(16)15(17-11)19-13-6-4-12(5-7-13)9-10-18-2/h3-8H,9-10,16H2,1-2H3. The summed E-state index contributed by atoms with van der Waals surface area (Å²) in [6, 6.07) is 11.5. The van der Waals surface area contributed by atoms with E-state index in [1.807, 2.05) is 37.3 Å². The minimum atomic E-state index is 0.449. The number of benzene rings is 1. The number of nitrogens with zero attached hydrogens (tertiary/aromatic N) is 1. The van der Waals surface area contributed by atoms with E-state index in [9.17, 15) is 0 Å². The molecule has 0 atom stereocenters. The lowest BCUT2D eigenvalue weighted by Gasteiger charge is -2.08. The number of aryl methyl sites for hydroxylation is 1. The van der Waals surface area contributed by atoms with E-state index in [4.69, 9.17) is 15.2 Å². The van der Waals surface area contributed by atoms with Crippen LogP contribution in [0.15, 0.2) is 36.4 Å². The van der Waals surface area contributed by atoms with Crippen molar-refractivity contribution in [3.8, 4) is 11.6 Å². The van der Waals surface area contributed by atoms with Crippen molar-refractivity contribution in [3.05, 3.63) is 47.7 Å². The molecule has 1 aromatic heterocycles. The Morgan fingerprint density at radius 3 is 2.53 bits per heavy atom. The van der Waals surface area contributed by atoms with Crippen LogP contribution in [0.4, 0.5) is 5.69 Å². The van der Waals surface area contributed by atoms with E-state index in [-0.39, 0.29) is 0 Å². The number of hydrogen-bond acceptors (Lipinski definition) is 4. The van der Waals surface area contributed by atoms with Gasteiger partial charge in [0, 0.05) is 12.8 Å². The topological polar surface area (TPSA) is 57.4 Å². The summed E-state index contributed by atoms with van der Waals surface area (Å²) in [4.78, 5) is 4.27. The molecule has 1 aromatic carbocycles. The second-order valence-corrected chi connectivity index (χ2v) is 4.34. The average molecular weight is 258 g/mol. The van der Waals surface area contributed by atoms with E-state index in [1.165, 1.54) is 5.56 Å². The summed E-state index contributed by atoms with van der Waals surface area (Å²) in [5, 5.41) is 0. The Morgan fingerprint density at radius 2 is 1.84 bits per heavy atom. The van der Waals surface area contributed by atoms with E-state index in [0.717, 1.165) is 17.9 Å². The molecule has 0 aliphatic rings. The molecule has 2 rings (SSSR count). The third-order valence-corrected chi connectivity index (χ3v) is 2.76. The molecule has 19 heavy (non-hydrogen) atoms. The number of nitrogen functional groups attached to an aromatic ring is 1. The molecule has 0 amide bonds. The van der Waals surface area contributed by atoms with Crippen molar-refractivity contribution >= 4 is 5.69 Å². The van der Waals surface area contributed by atoms with Gasteiger partial charge in [0.25, 0.3) is 0 Å². The van der Waals surface area contributed by atoms with Gasteiger partial charge in [0.05, 0.1) is 12.3 Å². The monoisotopic (exact) mass is 258 g/mol. The highest BCUT2D eigenvalue weighted by Gasteiger charge is 2.04. The van der Waals surface area contributed by atoms with Gasteiger partial charge in [-0.2, -0.15) is 0 Å². The van der Waals surface area contributed by atoms with Gasteiger partial charge in [0.2, 0.25) is 5.88 Å². The highest BCUT2D eigenvalue weighted by molar-refractivity contribution is 5.50. The van der Waals surface area contributed by atoms with Gasteiger partial charge in [-0.15, -0.1) is 0 Å². The second kappa shape index (κ2) is 6.20. The molecule has 0 aliphatic carbocycles. The smallest absolute Gasteiger partial charge is 0.242 e. The summed E-state index contributed by atoms with van der Waals surface area (Å²) in [5.41, 5.74) is 8.45. The van der Waals surface area contributed by atoms with Gasteiger partial charge in [-0.3, -0.25) is 0 Å². The molecule has 0 saturated carbocycles. The molecule has 100 valence electrons. The third kappa shape index (κ3) is 3.69. The molecule has 0 fully saturated rings. The van der Waals surface area contributed by atoms with Gasteiger partial charge in [-0.05, 0) is 43.2 Å². The van der Waals surface area contributed by atoms with Crippen LogP contribution in [0.3, 0.4) is 0 Å². The van der Waals surface area contributed by atoms with Gasteiger partial charge in [-0.1, -0.05) is 12.1 Å².